The first-order chi connectivity index (χ1) is 11.0. The second-order valence-corrected chi connectivity index (χ2v) is 6.42. The van der Waals surface area contributed by atoms with Crippen LogP contribution in [0.3, 0.4) is 0 Å². The number of aryl methyl sites for hydroxylation is 1. The van der Waals surface area contributed by atoms with Gasteiger partial charge in [-0.05, 0) is 48.9 Å². The van der Waals surface area contributed by atoms with Gasteiger partial charge < -0.3 is 5.32 Å². The third-order valence-electron chi connectivity index (χ3n) is 3.38. The minimum absolute atomic E-state index is 0.223. The summed E-state index contributed by atoms with van der Waals surface area (Å²) in [5.41, 5.74) is 3.00. The number of carbonyl (C=O) groups excluding carboxylic acids is 1. The molecule has 1 N–H and O–H groups in total. The summed E-state index contributed by atoms with van der Waals surface area (Å²) in [4.78, 5) is 12.4. The zero-order valence-electron chi connectivity index (χ0n) is 12.3. The van der Waals surface area contributed by atoms with Crippen LogP contribution in [0.5, 0.6) is 0 Å². The number of carbonyl (C=O) groups is 1. The summed E-state index contributed by atoms with van der Waals surface area (Å²) in [6, 6.07) is 13.1. The van der Waals surface area contributed by atoms with E-state index in [4.69, 9.17) is 11.6 Å². The van der Waals surface area contributed by atoms with E-state index < -0.39 is 0 Å². The number of rotatable bonds is 3. The third-order valence-corrected chi connectivity index (χ3v) is 4.15. The molecule has 0 saturated heterocycles. The van der Waals surface area contributed by atoms with Crippen LogP contribution in [0.4, 0.5) is 5.69 Å². The summed E-state index contributed by atoms with van der Waals surface area (Å²) >= 11 is 9.36. The van der Waals surface area contributed by atoms with E-state index in [1.54, 1.807) is 23.0 Å². The Kier molecular flexibility index (Phi) is 4.50. The molecule has 0 aliphatic heterocycles. The fourth-order valence-electron chi connectivity index (χ4n) is 2.10. The Labute approximate surface area is 147 Å². The quantitative estimate of drug-likeness (QED) is 0.695. The lowest BCUT2D eigenvalue weighted by Crippen LogP contribution is -2.12. The van der Waals surface area contributed by atoms with Crippen molar-refractivity contribution in [2.45, 2.75) is 6.92 Å². The van der Waals surface area contributed by atoms with Crippen LogP contribution in [0.25, 0.3) is 5.69 Å². The molecule has 0 spiro atoms. The molecule has 116 valence electrons. The molecule has 1 amide bonds. The van der Waals surface area contributed by atoms with Crippen molar-refractivity contribution in [2.75, 3.05) is 5.32 Å². The molecule has 0 radical (unpaired) electrons. The fourth-order valence-corrected chi connectivity index (χ4v) is 2.53. The zero-order valence-corrected chi connectivity index (χ0v) is 14.6. The van der Waals surface area contributed by atoms with Crippen molar-refractivity contribution in [2.24, 2.45) is 0 Å². The topological polar surface area (TPSA) is 46.9 Å². The minimum Gasteiger partial charge on any atom is -0.322 e. The SMILES string of the molecule is Cc1ccc(Cl)cc1NC(=O)c1cnn(-c2ccc(Br)cc2)c1. The van der Waals surface area contributed by atoms with E-state index in [1.165, 1.54) is 6.20 Å². The Morgan fingerprint density at radius 3 is 2.70 bits per heavy atom. The van der Waals surface area contributed by atoms with Crippen molar-refractivity contribution in [1.82, 2.24) is 9.78 Å². The average molecular weight is 391 g/mol. The molecule has 4 nitrogen and oxygen atoms in total. The van der Waals surface area contributed by atoms with Crippen LogP contribution < -0.4 is 5.32 Å². The summed E-state index contributed by atoms with van der Waals surface area (Å²) in [6.45, 7) is 1.91. The highest BCUT2D eigenvalue weighted by atomic mass is 79.9. The molecule has 0 atom stereocenters. The Morgan fingerprint density at radius 2 is 1.96 bits per heavy atom. The molecule has 1 heterocycles. The van der Waals surface area contributed by atoms with Gasteiger partial charge >= 0.3 is 0 Å². The van der Waals surface area contributed by atoms with Crippen LogP contribution in [-0.2, 0) is 0 Å². The number of anilines is 1. The summed E-state index contributed by atoms with van der Waals surface area (Å²) < 4.78 is 2.65. The monoisotopic (exact) mass is 389 g/mol. The van der Waals surface area contributed by atoms with E-state index in [2.05, 4.69) is 26.3 Å². The van der Waals surface area contributed by atoms with Crippen LogP contribution in [0.1, 0.15) is 15.9 Å². The van der Waals surface area contributed by atoms with Gasteiger partial charge in [0.1, 0.15) is 0 Å². The molecule has 0 aliphatic rings. The molecular weight excluding hydrogens is 378 g/mol. The lowest BCUT2D eigenvalue weighted by Gasteiger charge is -2.07. The lowest BCUT2D eigenvalue weighted by atomic mass is 10.2. The number of amides is 1. The standard InChI is InChI=1S/C17H13BrClN3O/c1-11-2-5-14(19)8-16(11)21-17(23)12-9-20-22(10-12)15-6-3-13(18)4-7-15/h2-10H,1H3,(H,21,23). The average Bonchev–Trinajstić information content (AvgIpc) is 3.02. The summed E-state index contributed by atoms with van der Waals surface area (Å²) in [7, 11) is 0. The van der Waals surface area contributed by atoms with Gasteiger partial charge in [0.05, 0.1) is 17.4 Å². The first kappa shape index (κ1) is 15.8. The van der Waals surface area contributed by atoms with Gasteiger partial charge in [-0.1, -0.05) is 33.6 Å². The molecule has 0 aliphatic carbocycles. The van der Waals surface area contributed by atoms with Gasteiger partial charge in [0.15, 0.2) is 0 Å². The largest absolute Gasteiger partial charge is 0.322 e. The van der Waals surface area contributed by atoms with Crippen molar-refractivity contribution >= 4 is 39.1 Å². The zero-order chi connectivity index (χ0) is 16.4. The van der Waals surface area contributed by atoms with Crippen molar-refractivity contribution < 1.29 is 4.79 Å². The summed E-state index contributed by atoms with van der Waals surface area (Å²) in [6.07, 6.45) is 3.23. The molecular formula is C17H13BrClN3O. The Hall–Kier alpha value is -2.11. The van der Waals surface area contributed by atoms with E-state index in [0.29, 0.717) is 16.3 Å². The maximum Gasteiger partial charge on any atom is 0.258 e. The van der Waals surface area contributed by atoms with Gasteiger partial charge in [-0.2, -0.15) is 5.10 Å². The van der Waals surface area contributed by atoms with Gasteiger partial charge in [0.2, 0.25) is 0 Å². The van der Waals surface area contributed by atoms with Crippen molar-refractivity contribution in [3.05, 3.63) is 75.5 Å². The fraction of sp³-hybridized carbons (Fsp3) is 0.0588. The molecule has 0 saturated carbocycles. The number of hydrogen-bond donors (Lipinski definition) is 1. The third kappa shape index (κ3) is 3.63. The van der Waals surface area contributed by atoms with Gasteiger partial charge in [-0.25, -0.2) is 4.68 Å². The van der Waals surface area contributed by atoms with Crippen LogP contribution >= 0.6 is 27.5 Å². The van der Waals surface area contributed by atoms with Gasteiger partial charge in [0.25, 0.3) is 5.91 Å². The summed E-state index contributed by atoms with van der Waals surface area (Å²) in [5.74, 6) is -0.223. The molecule has 0 bridgehead atoms. The number of nitrogens with zero attached hydrogens (tertiary/aromatic N) is 2. The van der Waals surface area contributed by atoms with E-state index in [0.717, 1.165) is 15.7 Å². The van der Waals surface area contributed by atoms with Crippen molar-refractivity contribution in [1.29, 1.82) is 0 Å². The smallest absolute Gasteiger partial charge is 0.258 e. The van der Waals surface area contributed by atoms with Gasteiger partial charge in [0, 0.05) is 21.4 Å². The first-order valence-electron chi connectivity index (χ1n) is 6.91. The van der Waals surface area contributed by atoms with Crippen molar-refractivity contribution in [3.8, 4) is 5.69 Å². The molecule has 1 aromatic heterocycles. The van der Waals surface area contributed by atoms with E-state index in [-0.39, 0.29) is 5.91 Å². The van der Waals surface area contributed by atoms with Crippen LogP contribution in [-0.4, -0.2) is 15.7 Å². The second-order valence-electron chi connectivity index (χ2n) is 5.06. The van der Waals surface area contributed by atoms with Crippen LogP contribution in [0, 0.1) is 6.92 Å². The molecule has 2 aromatic carbocycles. The van der Waals surface area contributed by atoms with E-state index in [1.807, 2.05) is 37.3 Å². The summed E-state index contributed by atoms with van der Waals surface area (Å²) in [5, 5.41) is 7.67. The second kappa shape index (κ2) is 6.56. The highest BCUT2D eigenvalue weighted by molar-refractivity contribution is 9.10. The Morgan fingerprint density at radius 1 is 1.22 bits per heavy atom. The molecule has 3 aromatic rings. The van der Waals surface area contributed by atoms with Crippen molar-refractivity contribution in [3.63, 3.8) is 0 Å². The molecule has 0 unspecified atom stereocenters. The van der Waals surface area contributed by atoms with Gasteiger partial charge in [-0.3, -0.25) is 4.79 Å². The predicted molar refractivity (Wildman–Crippen MR) is 95.4 cm³/mol. The number of halogens is 2. The normalized spacial score (nSPS) is 10.6. The molecule has 23 heavy (non-hydrogen) atoms. The van der Waals surface area contributed by atoms with E-state index >= 15 is 0 Å². The molecule has 0 fully saturated rings. The number of nitrogens with one attached hydrogen (secondary N) is 1. The van der Waals surface area contributed by atoms with E-state index in [9.17, 15) is 4.79 Å². The predicted octanol–water partition coefficient (Wildman–Crippen LogP) is 4.85. The minimum atomic E-state index is -0.223. The highest BCUT2D eigenvalue weighted by Gasteiger charge is 2.11. The maximum atomic E-state index is 12.4. The maximum absolute atomic E-state index is 12.4. The first-order valence-corrected chi connectivity index (χ1v) is 8.08. The van der Waals surface area contributed by atoms with Gasteiger partial charge in [-0.15, -0.1) is 0 Å². The number of aromatic nitrogens is 2. The number of benzene rings is 2. The Balaban J connectivity index is 1.81. The number of hydrogen-bond acceptors (Lipinski definition) is 2. The molecule has 3 rings (SSSR count). The van der Waals surface area contributed by atoms with Crippen LogP contribution in [0.2, 0.25) is 5.02 Å². The lowest BCUT2D eigenvalue weighted by molar-refractivity contribution is 0.102. The molecule has 6 heteroatoms. The Bertz CT molecular complexity index is 859. The highest BCUT2D eigenvalue weighted by Crippen LogP contribution is 2.21. The van der Waals surface area contributed by atoms with Crippen LogP contribution in [0.15, 0.2) is 59.3 Å².